The molecule has 0 saturated heterocycles. The zero-order valence-electron chi connectivity index (χ0n) is 14.6. The molecule has 7 heteroatoms. The van der Waals surface area contributed by atoms with Crippen LogP contribution in [0.5, 0.6) is 0 Å². The molecule has 27 heavy (non-hydrogen) atoms. The minimum atomic E-state index is -0.519. The molecule has 2 heterocycles. The van der Waals surface area contributed by atoms with Crippen LogP contribution in [-0.4, -0.2) is 19.0 Å². The van der Waals surface area contributed by atoms with Crippen molar-refractivity contribution in [1.29, 1.82) is 0 Å². The lowest BCUT2D eigenvalue weighted by molar-refractivity contribution is -0.111. The summed E-state index contributed by atoms with van der Waals surface area (Å²) in [7, 11) is 1.31. The summed E-state index contributed by atoms with van der Waals surface area (Å²) in [6, 6.07) is 10.6. The quantitative estimate of drug-likeness (QED) is 0.458. The summed E-state index contributed by atoms with van der Waals surface area (Å²) in [5.41, 5.74) is 1.86. The van der Waals surface area contributed by atoms with Gasteiger partial charge in [-0.1, -0.05) is 23.7 Å². The molecule has 0 atom stereocenters. The van der Waals surface area contributed by atoms with Crippen LogP contribution in [-0.2, 0) is 9.53 Å². The van der Waals surface area contributed by atoms with Gasteiger partial charge in [0.2, 0.25) is 5.91 Å². The van der Waals surface area contributed by atoms with Crippen molar-refractivity contribution in [2.24, 2.45) is 0 Å². The highest BCUT2D eigenvalue weighted by Crippen LogP contribution is 2.40. The van der Waals surface area contributed by atoms with Crippen molar-refractivity contribution in [1.82, 2.24) is 0 Å². The van der Waals surface area contributed by atoms with Crippen molar-refractivity contribution in [2.45, 2.75) is 6.92 Å². The smallest absolute Gasteiger partial charge is 0.341 e. The molecule has 0 saturated carbocycles. The van der Waals surface area contributed by atoms with Crippen LogP contribution in [0, 0.1) is 6.92 Å². The lowest BCUT2D eigenvalue weighted by Gasteiger charge is -2.07. The summed E-state index contributed by atoms with van der Waals surface area (Å²) in [6.07, 6.45) is 4.42. The average molecular weight is 402 g/mol. The first-order valence-corrected chi connectivity index (χ1v) is 9.19. The fraction of sp³-hybridized carbons (Fsp3) is 0.100. The van der Waals surface area contributed by atoms with Crippen LogP contribution < -0.4 is 5.32 Å². The molecule has 2 aromatic heterocycles. The van der Waals surface area contributed by atoms with Crippen molar-refractivity contribution >= 4 is 45.9 Å². The molecule has 1 amide bonds. The van der Waals surface area contributed by atoms with Crippen molar-refractivity contribution in [3.63, 3.8) is 0 Å². The molecular formula is C20H16ClNO4S. The number of anilines is 1. The number of rotatable bonds is 5. The number of hydrogen-bond acceptors (Lipinski definition) is 5. The van der Waals surface area contributed by atoms with E-state index in [4.69, 9.17) is 20.8 Å². The zero-order valence-corrected chi connectivity index (χ0v) is 16.2. The Labute approximate surface area is 165 Å². The summed E-state index contributed by atoms with van der Waals surface area (Å²) < 4.78 is 10.1. The van der Waals surface area contributed by atoms with Crippen molar-refractivity contribution in [3.8, 4) is 11.1 Å². The number of ether oxygens (including phenoxy) is 1. The predicted molar refractivity (Wildman–Crippen MR) is 107 cm³/mol. The molecule has 0 aliphatic heterocycles. The molecule has 3 rings (SSSR count). The third kappa shape index (κ3) is 4.30. The van der Waals surface area contributed by atoms with Crippen LogP contribution in [0.1, 0.15) is 21.0 Å². The summed E-state index contributed by atoms with van der Waals surface area (Å²) >= 11 is 7.27. The van der Waals surface area contributed by atoms with Gasteiger partial charge < -0.3 is 14.5 Å². The molecule has 1 aromatic carbocycles. The molecule has 138 valence electrons. The van der Waals surface area contributed by atoms with Crippen molar-refractivity contribution < 1.29 is 18.7 Å². The fourth-order valence-corrected chi connectivity index (χ4v) is 3.78. The first kappa shape index (κ1) is 18.9. The number of methoxy groups -OCH3 is 1. The normalized spacial score (nSPS) is 10.9. The molecule has 0 bridgehead atoms. The summed E-state index contributed by atoms with van der Waals surface area (Å²) in [4.78, 5) is 25.6. The van der Waals surface area contributed by atoms with E-state index in [1.165, 1.54) is 30.8 Å². The van der Waals surface area contributed by atoms with Gasteiger partial charge in [0.1, 0.15) is 16.3 Å². The van der Waals surface area contributed by atoms with E-state index in [1.54, 1.807) is 30.3 Å². The molecule has 0 spiro atoms. The number of esters is 1. The van der Waals surface area contributed by atoms with Gasteiger partial charge in [-0.25, -0.2) is 4.79 Å². The molecular weight excluding hydrogens is 386 g/mol. The van der Waals surface area contributed by atoms with Gasteiger partial charge in [-0.3, -0.25) is 4.79 Å². The molecule has 0 unspecified atom stereocenters. The molecule has 0 aliphatic carbocycles. The van der Waals surface area contributed by atoms with Crippen molar-refractivity contribution in [2.75, 3.05) is 12.4 Å². The largest absolute Gasteiger partial charge is 0.465 e. The van der Waals surface area contributed by atoms with E-state index in [-0.39, 0.29) is 5.91 Å². The van der Waals surface area contributed by atoms with Gasteiger partial charge in [0.25, 0.3) is 0 Å². The number of carbonyl (C=O) groups excluding carboxylic acids is 2. The summed E-state index contributed by atoms with van der Waals surface area (Å²) in [5, 5.41) is 3.78. The van der Waals surface area contributed by atoms with Gasteiger partial charge in [0.05, 0.1) is 13.4 Å². The maximum atomic E-state index is 12.4. The minimum absolute atomic E-state index is 0.321. The van der Waals surface area contributed by atoms with E-state index in [1.807, 2.05) is 19.1 Å². The number of thiophene rings is 1. The van der Waals surface area contributed by atoms with E-state index in [2.05, 4.69) is 5.32 Å². The topological polar surface area (TPSA) is 68.5 Å². The lowest BCUT2D eigenvalue weighted by atomic mass is 10.0. The Morgan fingerprint density at radius 1 is 1.22 bits per heavy atom. The first-order valence-electron chi connectivity index (χ1n) is 8.00. The SMILES string of the molecule is COC(=O)c1c(NC(=O)C=Cc2ccco2)sc(C)c1-c1ccc(Cl)cc1. The Balaban J connectivity index is 1.95. The number of amides is 1. The zero-order chi connectivity index (χ0) is 19.4. The highest BCUT2D eigenvalue weighted by molar-refractivity contribution is 7.17. The van der Waals surface area contributed by atoms with Gasteiger partial charge in [-0.05, 0) is 42.8 Å². The van der Waals surface area contributed by atoms with Crippen LogP contribution in [0.3, 0.4) is 0 Å². The summed E-state index contributed by atoms with van der Waals surface area (Å²) in [5.74, 6) is -0.336. The molecule has 3 aromatic rings. The monoisotopic (exact) mass is 401 g/mol. The van der Waals surface area contributed by atoms with Crippen LogP contribution in [0.2, 0.25) is 5.02 Å². The maximum absolute atomic E-state index is 12.4. The standard InChI is InChI=1S/C20H16ClNO4S/c1-12-17(13-5-7-14(21)8-6-13)18(20(24)25-2)19(27-12)22-16(23)10-9-15-4-3-11-26-15/h3-11H,1-2H3,(H,22,23). The van der Waals surface area contributed by atoms with Crippen LogP contribution in [0.25, 0.3) is 17.2 Å². The molecule has 0 aliphatic rings. The number of hydrogen-bond donors (Lipinski definition) is 1. The third-order valence-electron chi connectivity index (χ3n) is 3.79. The van der Waals surface area contributed by atoms with Gasteiger partial charge in [0.15, 0.2) is 0 Å². The minimum Gasteiger partial charge on any atom is -0.465 e. The van der Waals surface area contributed by atoms with E-state index >= 15 is 0 Å². The molecule has 0 fully saturated rings. The predicted octanol–water partition coefficient (Wildman–Crippen LogP) is 5.41. The number of benzene rings is 1. The second-order valence-corrected chi connectivity index (χ2v) is 7.24. The Morgan fingerprint density at radius 3 is 2.59 bits per heavy atom. The number of nitrogens with one attached hydrogen (secondary N) is 1. The number of aryl methyl sites for hydroxylation is 1. The Bertz CT molecular complexity index is 988. The third-order valence-corrected chi connectivity index (χ3v) is 5.06. The fourth-order valence-electron chi connectivity index (χ4n) is 2.59. The Hall–Kier alpha value is -2.83. The average Bonchev–Trinajstić information content (AvgIpc) is 3.28. The van der Waals surface area contributed by atoms with E-state index in [0.717, 1.165) is 10.4 Å². The van der Waals surface area contributed by atoms with Crippen LogP contribution in [0.15, 0.2) is 53.2 Å². The molecule has 1 N–H and O–H groups in total. The maximum Gasteiger partial charge on any atom is 0.341 e. The number of halogens is 1. The highest BCUT2D eigenvalue weighted by atomic mass is 35.5. The van der Waals surface area contributed by atoms with Gasteiger partial charge >= 0.3 is 5.97 Å². The van der Waals surface area contributed by atoms with Crippen LogP contribution >= 0.6 is 22.9 Å². The number of carbonyl (C=O) groups is 2. The lowest BCUT2D eigenvalue weighted by Crippen LogP contribution is -2.11. The Kier molecular flexibility index (Phi) is 5.78. The second-order valence-electron chi connectivity index (χ2n) is 5.57. The van der Waals surface area contributed by atoms with Gasteiger partial charge in [-0.2, -0.15) is 0 Å². The first-order chi connectivity index (χ1) is 13.0. The van der Waals surface area contributed by atoms with E-state index < -0.39 is 5.97 Å². The number of furan rings is 1. The van der Waals surface area contributed by atoms with Crippen LogP contribution in [0.4, 0.5) is 5.00 Å². The van der Waals surface area contributed by atoms with Gasteiger partial charge in [0, 0.05) is 21.5 Å². The molecule has 5 nitrogen and oxygen atoms in total. The Morgan fingerprint density at radius 2 is 1.96 bits per heavy atom. The van der Waals surface area contributed by atoms with E-state index in [9.17, 15) is 9.59 Å². The highest BCUT2D eigenvalue weighted by Gasteiger charge is 2.24. The summed E-state index contributed by atoms with van der Waals surface area (Å²) in [6.45, 7) is 1.88. The molecule has 0 radical (unpaired) electrons. The van der Waals surface area contributed by atoms with Gasteiger partial charge in [-0.15, -0.1) is 11.3 Å². The second kappa shape index (κ2) is 8.24. The van der Waals surface area contributed by atoms with E-state index in [0.29, 0.717) is 26.9 Å². The van der Waals surface area contributed by atoms with Crippen molar-refractivity contribution in [3.05, 3.63) is 70.0 Å².